The van der Waals surface area contributed by atoms with Crippen LogP contribution in [0.2, 0.25) is 0 Å². The lowest BCUT2D eigenvalue weighted by molar-refractivity contribution is -0.0628. The lowest BCUT2D eigenvalue weighted by Crippen LogP contribution is -2.60. The fourth-order valence-electron chi connectivity index (χ4n) is 8.78. The maximum Gasteiger partial charge on any atom is 0.159 e. The molecule has 2 saturated heterocycles. The van der Waals surface area contributed by atoms with Gasteiger partial charge in [-0.1, -0.05) is 44.2 Å². The van der Waals surface area contributed by atoms with Gasteiger partial charge in [0, 0.05) is 74.7 Å². The summed E-state index contributed by atoms with van der Waals surface area (Å²) in [4.78, 5) is 27.0. The zero-order valence-electron chi connectivity index (χ0n) is 29.3. The molecule has 5 aromatic rings. The van der Waals surface area contributed by atoms with E-state index in [4.69, 9.17) is 4.74 Å². The Morgan fingerprint density at radius 3 is 2.57 bits per heavy atom. The predicted octanol–water partition coefficient (Wildman–Crippen LogP) is 8.88. The summed E-state index contributed by atoms with van der Waals surface area (Å²) in [5, 5.41) is 0.954. The Balaban J connectivity index is 0.943. The number of carbonyl (C=O) groups is 1. The largest absolute Gasteiger partial charge is 0.455 e. The monoisotopic (exact) mass is 689 g/mol. The number of benzene rings is 3. The number of aldehydes is 1. The summed E-state index contributed by atoms with van der Waals surface area (Å²) < 4.78 is 33.9. The van der Waals surface area contributed by atoms with Crippen LogP contribution in [0.5, 0.6) is 11.5 Å². The third kappa shape index (κ3) is 6.77. The van der Waals surface area contributed by atoms with Crippen LogP contribution in [-0.2, 0) is 6.54 Å². The van der Waals surface area contributed by atoms with E-state index in [1.165, 1.54) is 36.1 Å². The summed E-state index contributed by atoms with van der Waals surface area (Å²) in [6.45, 7) is 9.76. The average molecular weight is 690 g/mol. The predicted molar refractivity (Wildman–Crippen MR) is 197 cm³/mol. The number of rotatable bonds is 9. The second kappa shape index (κ2) is 13.8. The van der Waals surface area contributed by atoms with Crippen molar-refractivity contribution in [2.75, 3.05) is 37.6 Å². The maximum absolute atomic E-state index is 14.1. The number of piperidine rings is 1. The van der Waals surface area contributed by atoms with E-state index in [9.17, 15) is 13.6 Å². The van der Waals surface area contributed by atoms with Crippen molar-refractivity contribution in [3.63, 3.8) is 0 Å². The molecule has 0 amide bonds. The number of nitrogens with zero attached hydrogens (tertiary/aromatic N) is 4. The van der Waals surface area contributed by atoms with Crippen molar-refractivity contribution < 1.29 is 18.3 Å². The van der Waals surface area contributed by atoms with Gasteiger partial charge in [0.25, 0.3) is 0 Å². The molecule has 1 saturated carbocycles. The molecule has 0 bridgehead atoms. The fourth-order valence-corrected chi connectivity index (χ4v) is 8.78. The molecule has 264 valence electrons. The van der Waals surface area contributed by atoms with E-state index in [1.807, 2.05) is 36.5 Å². The number of aromatic amines is 1. The topological polar surface area (TPSA) is 64.7 Å². The van der Waals surface area contributed by atoms with Crippen LogP contribution in [0.15, 0.2) is 85.2 Å². The first-order valence-electron chi connectivity index (χ1n) is 18.2. The minimum absolute atomic E-state index is 0.244. The molecule has 1 spiro atoms. The van der Waals surface area contributed by atoms with E-state index in [1.54, 1.807) is 12.3 Å². The van der Waals surface area contributed by atoms with Crippen LogP contribution in [0.4, 0.5) is 14.5 Å². The number of anilines is 1. The Hall–Kier alpha value is -4.60. The van der Waals surface area contributed by atoms with E-state index in [0.29, 0.717) is 41.0 Å². The van der Waals surface area contributed by atoms with E-state index in [2.05, 4.69) is 62.8 Å². The van der Waals surface area contributed by atoms with Crippen LogP contribution in [0.25, 0.3) is 11.0 Å². The zero-order valence-corrected chi connectivity index (χ0v) is 29.3. The number of halogens is 2. The van der Waals surface area contributed by atoms with Crippen LogP contribution in [0.1, 0.15) is 78.5 Å². The standard InChI is InChI=1S/C42H45F2N5O2/c1-28(2)35-5-3-4-6-36(35)39-26-47(25-29-7-10-37(43)38(44)19-29)17-18-49(39)33-22-42(23-33)12-15-48(16-13-42)32-9-8-31(27-50)40(21-32)51-34-20-30-11-14-45-41(30)46-24-34/h3-11,14,19-21,24,27-28,33,39H,12-13,15-18,22-23,25-26H2,1-2H3,(H,45,46)/t39-/m1/s1. The highest BCUT2D eigenvalue weighted by Crippen LogP contribution is 2.53. The molecule has 7 nitrogen and oxygen atoms in total. The molecular weight excluding hydrogens is 644 g/mol. The average Bonchev–Trinajstić information content (AvgIpc) is 3.60. The quantitative estimate of drug-likeness (QED) is 0.156. The summed E-state index contributed by atoms with van der Waals surface area (Å²) in [7, 11) is 0. The first-order valence-corrected chi connectivity index (χ1v) is 18.2. The zero-order chi connectivity index (χ0) is 35.1. The molecule has 51 heavy (non-hydrogen) atoms. The first-order chi connectivity index (χ1) is 24.8. The highest BCUT2D eigenvalue weighted by atomic mass is 19.2. The molecule has 3 aliphatic rings. The van der Waals surface area contributed by atoms with E-state index >= 15 is 0 Å². The summed E-state index contributed by atoms with van der Waals surface area (Å²) in [6, 6.07) is 23.6. The molecule has 0 unspecified atom stereocenters. The van der Waals surface area contributed by atoms with Gasteiger partial charge in [-0.2, -0.15) is 0 Å². The van der Waals surface area contributed by atoms with Gasteiger partial charge in [0.1, 0.15) is 17.1 Å². The van der Waals surface area contributed by atoms with E-state index in [0.717, 1.165) is 74.1 Å². The minimum Gasteiger partial charge on any atom is -0.455 e. The molecule has 3 fully saturated rings. The molecule has 4 heterocycles. The van der Waals surface area contributed by atoms with Gasteiger partial charge in [-0.15, -0.1) is 0 Å². The van der Waals surface area contributed by atoms with Gasteiger partial charge in [0.05, 0.1) is 11.8 Å². The van der Waals surface area contributed by atoms with Crippen LogP contribution in [-0.4, -0.2) is 64.8 Å². The minimum atomic E-state index is -0.800. The Morgan fingerprint density at radius 2 is 1.78 bits per heavy atom. The fraction of sp³-hybridized carbons (Fsp3) is 0.381. The van der Waals surface area contributed by atoms with Gasteiger partial charge >= 0.3 is 0 Å². The van der Waals surface area contributed by atoms with Crippen molar-refractivity contribution in [1.82, 2.24) is 19.8 Å². The van der Waals surface area contributed by atoms with Crippen LogP contribution >= 0.6 is 0 Å². The molecule has 9 heteroatoms. The highest BCUT2D eigenvalue weighted by Gasteiger charge is 2.50. The Labute approximate surface area is 298 Å². The number of nitrogens with one attached hydrogen (secondary N) is 1. The lowest BCUT2D eigenvalue weighted by Gasteiger charge is -2.58. The second-order valence-electron chi connectivity index (χ2n) is 15.1. The van der Waals surface area contributed by atoms with Crippen molar-refractivity contribution in [3.8, 4) is 11.5 Å². The SMILES string of the molecule is CC(C)c1ccccc1[C@H]1CN(Cc2ccc(F)c(F)c2)CCN1C1CC2(CCN(c3ccc(C=O)c(Oc4cnc5[nH]ccc5c4)c3)CC2)C1. The number of hydrogen-bond acceptors (Lipinski definition) is 6. The van der Waals surface area contributed by atoms with Crippen molar-refractivity contribution in [1.29, 1.82) is 0 Å². The molecule has 1 atom stereocenters. The summed E-state index contributed by atoms with van der Waals surface area (Å²) in [5.41, 5.74) is 6.30. The number of fused-ring (bicyclic) bond motifs is 1. The van der Waals surface area contributed by atoms with Gasteiger partial charge in [0.2, 0.25) is 0 Å². The summed E-state index contributed by atoms with van der Waals surface area (Å²) in [6.07, 6.45) is 9.01. The second-order valence-corrected chi connectivity index (χ2v) is 15.1. The van der Waals surface area contributed by atoms with Crippen molar-refractivity contribution in [2.24, 2.45) is 5.41 Å². The van der Waals surface area contributed by atoms with E-state index in [-0.39, 0.29) is 6.04 Å². The number of hydrogen-bond donors (Lipinski definition) is 1. The molecule has 2 aliphatic heterocycles. The van der Waals surface area contributed by atoms with Crippen LogP contribution < -0.4 is 9.64 Å². The van der Waals surface area contributed by atoms with Crippen molar-refractivity contribution in [3.05, 3.63) is 119 Å². The third-order valence-electron chi connectivity index (χ3n) is 11.6. The first kappa shape index (κ1) is 33.5. The number of carbonyl (C=O) groups excluding carboxylic acids is 1. The van der Waals surface area contributed by atoms with Gasteiger partial charge < -0.3 is 14.6 Å². The van der Waals surface area contributed by atoms with Crippen LogP contribution in [0.3, 0.4) is 0 Å². The maximum atomic E-state index is 14.1. The Morgan fingerprint density at radius 1 is 0.961 bits per heavy atom. The molecule has 2 aromatic heterocycles. The molecular formula is C42H45F2N5O2. The molecule has 3 aromatic carbocycles. The van der Waals surface area contributed by atoms with E-state index < -0.39 is 11.6 Å². The highest BCUT2D eigenvalue weighted by molar-refractivity contribution is 5.81. The molecule has 0 radical (unpaired) electrons. The smallest absolute Gasteiger partial charge is 0.159 e. The Bertz CT molecular complexity index is 2030. The number of H-pyrrole nitrogens is 1. The van der Waals surface area contributed by atoms with Crippen molar-refractivity contribution in [2.45, 2.75) is 64.1 Å². The normalized spacial score (nSPS) is 19.9. The molecule has 1 N–H and O–H groups in total. The number of piperazine rings is 1. The van der Waals surface area contributed by atoms with Crippen molar-refractivity contribution >= 4 is 23.0 Å². The van der Waals surface area contributed by atoms with Crippen LogP contribution in [0, 0.1) is 17.0 Å². The van der Waals surface area contributed by atoms with Gasteiger partial charge in [-0.25, -0.2) is 13.8 Å². The molecule has 1 aliphatic carbocycles. The molecule has 8 rings (SSSR count). The number of ether oxygens (including phenoxy) is 1. The third-order valence-corrected chi connectivity index (χ3v) is 11.6. The lowest BCUT2D eigenvalue weighted by atomic mass is 9.59. The van der Waals surface area contributed by atoms with Gasteiger partial charge in [-0.05, 0) is 90.1 Å². The summed E-state index contributed by atoms with van der Waals surface area (Å²) in [5.74, 6) is -0.0353. The summed E-state index contributed by atoms with van der Waals surface area (Å²) >= 11 is 0. The number of pyridine rings is 1. The van der Waals surface area contributed by atoms with Gasteiger partial charge in [-0.3, -0.25) is 14.6 Å². The van der Waals surface area contributed by atoms with Gasteiger partial charge in [0.15, 0.2) is 17.9 Å². The number of aromatic nitrogens is 2. The Kier molecular flexibility index (Phi) is 9.11.